The number of hydroxylamine groups is 1. The van der Waals surface area contributed by atoms with Crippen molar-refractivity contribution in [1.82, 2.24) is 5.48 Å². The van der Waals surface area contributed by atoms with E-state index in [0.29, 0.717) is 0 Å². The van der Waals surface area contributed by atoms with Crippen LogP contribution in [0.4, 0.5) is 0 Å². The minimum Gasteiger partial charge on any atom is -0.394 e. The summed E-state index contributed by atoms with van der Waals surface area (Å²) in [6.07, 6.45) is -1.13. The number of aliphatic hydroxyl groups is 2. The molecule has 3 N–H and O–H groups in total. The number of thiophene rings is 1. The lowest BCUT2D eigenvalue weighted by Crippen LogP contribution is -2.30. The zero-order chi connectivity index (χ0) is 18.6. The summed E-state index contributed by atoms with van der Waals surface area (Å²) in [4.78, 5) is 29.8. The summed E-state index contributed by atoms with van der Waals surface area (Å²) in [5.74, 6) is -1.20. The summed E-state index contributed by atoms with van der Waals surface area (Å²) in [5.41, 5.74) is 2.23. The predicted octanol–water partition coefficient (Wildman–Crippen LogP) is 2.95. The molecule has 2 rings (SSSR count). The average Bonchev–Trinajstić information content (AvgIpc) is 2.88. The van der Waals surface area contributed by atoms with E-state index in [9.17, 15) is 14.7 Å². The van der Waals surface area contributed by atoms with Crippen molar-refractivity contribution in [3.63, 3.8) is 0 Å². The van der Waals surface area contributed by atoms with Crippen molar-refractivity contribution >= 4 is 57.8 Å². The van der Waals surface area contributed by atoms with Crippen LogP contribution in [-0.4, -0.2) is 41.2 Å². The molecule has 0 aliphatic rings. The molecule has 0 fully saturated rings. The van der Waals surface area contributed by atoms with E-state index in [1.165, 1.54) is 12.1 Å². The van der Waals surface area contributed by atoms with Crippen molar-refractivity contribution in [1.29, 1.82) is 0 Å². The van der Waals surface area contributed by atoms with Gasteiger partial charge in [-0.3, -0.25) is 14.4 Å². The van der Waals surface area contributed by atoms with Gasteiger partial charge in [-0.25, -0.2) is 5.48 Å². The summed E-state index contributed by atoms with van der Waals surface area (Å²) in [5, 5.41) is 18.0. The van der Waals surface area contributed by atoms with E-state index in [1.807, 2.05) is 0 Å². The molecular weight excluding hydrogens is 413 g/mol. The van der Waals surface area contributed by atoms with Gasteiger partial charge in [0, 0.05) is 5.56 Å². The van der Waals surface area contributed by atoms with Gasteiger partial charge < -0.3 is 10.2 Å². The second-order valence-electron chi connectivity index (χ2n) is 4.79. The van der Waals surface area contributed by atoms with Crippen LogP contribution in [0.1, 0.15) is 25.6 Å². The largest absolute Gasteiger partial charge is 0.394 e. The Labute approximate surface area is 161 Å². The third-order valence-corrected chi connectivity index (χ3v) is 5.60. The third-order valence-electron chi connectivity index (χ3n) is 3.03. The van der Waals surface area contributed by atoms with Crippen LogP contribution in [0.3, 0.4) is 0 Å². The number of nitrogens with one attached hydrogen (secondary N) is 1. The number of carbonyl (C=O) groups is 2. The van der Waals surface area contributed by atoms with E-state index in [2.05, 4.69) is 5.48 Å². The number of carbonyl (C=O) groups excluding carboxylic acids is 2. The molecule has 2 aromatic rings. The molecule has 0 aliphatic heterocycles. The molecule has 0 bridgehead atoms. The first kappa shape index (κ1) is 20.1. The summed E-state index contributed by atoms with van der Waals surface area (Å²) >= 11 is 18.7. The van der Waals surface area contributed by atoms with Crippen molar-refractivity contribution in [2.24, 2.45) is 0 Å². The Balaban J connectivity index is 2.24. The van der Waals surface area contributed by atoms with E-state index >= 15 is 0 Å². The van der Waals surface area contributed by atoms with Crippen molar-refractivity contribution in [3.05, 3.63) is 54.7 Å². The normalized spacial score (nSPS) is 12.0. The zero-order valence-electron chi connectivity index (χ0n) is 12.5. The summed E-state index contributed by atoms with van der Waals surface area (Å²) in [6.45, 7) is -0.816. The minimum absolute atomic E-state index is 0.0270. The summed E-state index contributed by atoms with van der Waals surface area (Å²) < 4.78 is 0.179. The summed E-state index contributed by atoms with van der Waals surface area (Å²) in [7, 11) is 0. The lowest BCUT2D eigenvalue weighted by molar-refractivity contribution is -0.0295. The van der Waals surface area contributed by atoms with E-state index in [1.54, 1.807) is 12.1 Å². The molecule has 0 radical (unpaired) electrons. The van der Waals surface area contributed by atoms with Crippen LogP contribution in [0.25, 0.3) is 0 Å². The van der Waals surface area contributed by atoms with E-state index in [0.717, 1.165) is 11.3 Å². The monoisotopic (exact) mass is 423 g/mol. The number of halogens is 3. The zero-order valence-corrected chi connectivity index (χ0v) is 15.5. The van der Waals surface area contributed by atoms with E-state index < -0.39 is 24.4 Å². The topological polar surface area (TPSA) is 95.9 Å². The Hall–Kier alpha value is -1.19. The predicted molar refractivity (Wildman–Crippen MR) is 95.7 cm³/mol. The number of amides is 1. The van der Waals surface area contributed by atoms with Crippen molar-refractivity contribution in [3.8, 4) is 0 Å². The molecule has 0 aliphatic carbocycles. The molecule has 0 spiro atoms. The number of hydrogen-bond acceptors (Lipinski definition) is 6. The average molecular weight is 425 g/mol. The first-order chi connectivity index (χ1) is 11.9. The Morgan fingerprint density at radius 1 is 1.16 bits per heavy atom. The molecule has 0 unspecified atom stereocenters. The second-order valence-corrected chi connectivity index (χ2v) is 7.16. The number of ketones is 1. The maximum absolute atomic E-state index is 12.7. The molecule has 1 atom stereocenters. The Kier molecular flexibility index (Phi) is 7.21. The first-order valence-electron chi connectivity index (χ1n) is 6.84. The molecule has 0 saturated carbocycles. The van der Waals surface area contributed by atoms with Crippen LogP contribution in [0, 0.1) is 0 Å². The van der Waals surface area contributed by atoms with Crippen molar-refractivity contribution in [2.75, 3.05) is 13.2 Å². The molecule has 6 nitrogen and oxygen atoms in total. The van der Waals surface area contributed by atoms with Gasteiger partial charge in [0.1, 0.15) is 17.0 Å². The molecular formula is C15H12Cl3NO5S. The number of aliphatic hydroxyl groups excluding tert-OH is 2. The quantitative estimate of drug-likeness (QED) is 0.469. The third kappa shape index (κ3) is 4.71. The van der Waals surface area contributed by atoms with Crippen LogP contribution in [0.2, 0.25) is 14.4 Å². The molecule has 1 heterocycles. The van der Waals surface area contributed by atoms with Gasteiger partial charge >= 0.3 is 0 Å². The lowest BCUT2D eigenvalue weighted by atomic mass is 10.0. The van der Waals surface area contributed by atoms with Gasteiger partial charge in [0.05, 0.1) is 27.1 Å². The maximum Gasteiger partial charge on any atom is 0.275 e. The Bertz CT molecular complexity index is 795. The summed E-state index contributed by atoms with van der Waals surface area (Å²) in [6, 6.07) is 6.05. The fraction of sp³-hybridized carbons (Fsp3) is 0.200. The van der Waals surface area contributed by atoms with Crippen molar-refractivity contribution < 1.29 is 24.6 Å². The number of benzene rings is 1. The fourth-order valence-electron chi connectivity index (χ4n) is 1.82. The molecule has 134 valence electrons. The molecule has 1 amide bonds. The Morgan fingerprint density at radius 2 is 1.80 bits per heavy atom. The van der Waals surface area contributed by atoms with Gasteiger partial charge in [-0.05, 0) is 6.07 Å². The fourth-order valence-corrected chi connectivity index (χ4v) is 3.58. The SMILES string of the molecule is O=C(NOC[C@@H](O)CO)c1ccccc1C(=O)c1sc(Cl)c(Cl)c1Cl. The van der Waals surface area contributed by atoms with Gasteiger partial charge in [-0.1, -0.05) is 53.0 Å². The molecule has 1 aromatic heterocycles. The first-order valence-corrected chi connectivity index (χ1v) is 8.79. The number of hydrogen-bond donors (Lipinski definition) is 3. The van der Waals surface area contributed by atoms with Crippen LogP contribution >= 0.6 is 46.1 Å². The minimum atomic E-state index is -1.13. The van der Waals surface area contributed by atoms with Gasteiger partial charge in [0.25, 0.3) is 5.91 Å². The van der Waals surface area contributed by atoms with Gasteiger partial charge in [0.15, 0.2) is 0 Å². The highest BCUT2D eigenvalue weighted by Gasteiger charge is 2.24. The van der Waals surface area contributed by atoms with Crippen LogP contribution < -0.4 is 5.48 Å². The molecule has 0 saturated heterocycles. The van der Waals surface area contributed by atoms with Gasteiger partial charge in [0.2, 0.25) is 5.78 Å². The van der Waals surface area contributed by atoms with Crippen LogP contribution in [-0.2, 0) is 4.84 Å². The highest BCUT2D eigenvalue weighted by atomic mass is 35.5. The van der Waals surface area contributed by atoms with Crippen LogP contribution in [0.5, 0.6) is 0 Å². The smallest absolute Gasteiger partial charge is 0.275 e. The van der Waals surface area contributed by atoms with E-state index in [-0.39, 0.29) is 37.0 Å². The second kappa shape index (κ2) is 8.95. The molecule has 1 aromatic carbocycles. The van der Waals surface area contributed by atoms with Gasteiger partial charge in [-0.15, -0.1) is 11.3 Å². The highest BCUT2D eigenvalue weighted by Crippen LogP contribution is 2.41. The lowest BCUT2D eigenvalue weighted by Gasteiger charge is -2.11. The Morgan fingerprint density at radius 3 is 2.36 bits per heavy atom. The van der Waals surface area contributed by atoms with Crippen LogP contribution in [0.15, 0.2) is 24.3 Å². The maximum atomic E-state index is 12.7. The standard InChI is InChI=1S/C15H12Cl3NO5S/c16-10-11(17)14(18)25-13(10)12(22)8-3-1-2-4-9(8)15(23)19-24-6-7(21)5-20/h1-4,7,20-21H,5-6H2,(H,19,23)/t7-/m0/s1. The highest BCUT2D eigenvalue weighted by molar-refractivity contribution is 7.19. The van der Waals surface area contributed by atoms with Crippen molar-refractivity contribution in [2.45, 2.75) is 6.10 Å². The molecule has 10 heteroatoms. The van der Waals surface area contributed by atoms with Gasteiger partial charge in [-0.2, -0.15) is 0 Å². The molecule has 25 heavy (non-hydrogen) atoms. The number of rotatable bonds is 7. The van der Waals surface area contributed by atoms with E-state index in [4.69, 9.17) is 44.7 Å².